The summed E-state index contributed by atoms with van der Waals surface area (Å²) >= 11 is 0. The molecule has 0 spiro atoms. The van der Waals surface area contributed by atoms with E-state index in [9.17, 15) is 4.79 Å². The highest BCUT2D eigenvalue weighted by atomic mass is 16.5. The zero-order chi connectivity index (χ0) is 12.8. The molecule has 0 aliphatic heterocycles. The van der Waals surface area contributed by atoms with E-state index >= 15 is 0 Å². The first-order chi connectivity index (χ1) is 8.78. The summed E-state index contributed by atoms with van der Waals surface area (Å²) in [4.78, 5) is 11.6. The predicted molar refractivity (Wildman–Crippen MR) is 70.2 cm³/mol. The number of carbonyl (C=O) groups is 1. The first-order valence-corrected chi connectivity index (χ1v) is 6.48. The number of ether oxygens (including phenoxy) is 1. The second-order valence-corrected chi connectivity index (χ2v) is 4.56. The van der Waals surface area contributed by atoms with Crippen molar-refractivity contribution in [2.24, 2.45) is 0 Å². The van der Waals surface area contributed by atoms with Crippen molar-refractivity contribution in [1.29, 1.82) is 0 Å². The number of hydrogen-bond donors (Lipinski definition) is 2. The maximum Gasteiger partial charge on any atom is 0.315 e. The average Bonchev–Trinajstić information content (AvgIpc) is 2.35. The van der Waals surface area contributed by atoms with E-state index in [1.54, 1.807) is 0 Å². The fourth-order valence-electron chi connectivity index (χ4n) is 2.07. The highest BCUT2D eigenvalue weighted by Gasteiger charge is 2.30. The van der Waals surface area contributed by atoms with Crippen LogP contribution in [0, 0.1) is 0 Å². The molecule has 1 saturated carbocycles. The van der Waals surface area contributed by atoms with Crippen LogP contribution in [0.15, 0.2) is 30.3 Å². The van der Waals surface area contributed by atoms with Gasteiger partial charge in [-0.1, -0.05) is 30.3 Å². The molecule has 1 aromatic rings. The summed E-state index contributed by atoms with van der Waals surface area (Å²) in [5, 5.41) is 5.80. The second-order valence-electron chi connectivity index (χ2n) is 4.56. The standard InChI is InChI=1S/C14H20N2O2/c1-2-18-13-8-12(9-13)16-14(17)15-10-11-6-4-3-5-7-11/h3-7,12-13H,2,8-10H2,1H3,(H2,15,16,17). The van der Waals surface area contributed by atoms with E-state index in [-0.39, 0.29) is 12.1 Å². The summed E-state index contributed by atoms with van der Waals surface area (Å²) in [5.74, 6) is 0. The lowest BCUT2D eigenvalue weighted by Crippen LogP contribution is -2.50. The van der Waals surface area contributed by atoms with Crippen LogP contribution < -0.4 is 10.6 Å². The van der Waals surface area contributed by atoms with Gasteiger partial charge in [-0.2, -0.15) is 0 Å². The van der Waals surface area contributed by atoms with Gasteiger partial charge >= 0.3 is 6.03 Å². The van der Waals surface area contributed by atoms with Crippen LogP contribution in [0.3, 0.4) is 0 Å². The van der Waals surface area contributed by atoms with Crippen molar-refractivity contribution in [3.05, 3.63) is 35.9 Å². The molecule has 18 heavy (non-hydrogen) atoms. The van der Waals surface area contributed by atoms with E-state index in [1.165, 1.54) is 0 Å². The number of nitrogens with one attached hydrogen (secondary N) is 2. The van der Waals surface area contributed by atoms with Gasteiger partial charge in [0.25, 0.3) is 0 Å². The zero-order valence-corrected chi connectivity index (χ0v) is 10.7. The monoisotopic (exact) mass is 248 g/mol. The number of hydrogen-bond acceptors (Lipinski definition) is 2. The Labute approximate surface area is 108 Å². The SMILES string of the molecule is CCOC1CC(NC(=O)NCc2ccccc2)C1. The maximum absolute atomic E-state index is 11.6. The first kappa shape index (κ1) is 12.9. The Morgan fingerprint density at radius 3 is 2.72 bits per heavy atom. The van der Waals surface area contributed by atoms with Crippen molar-refractivity contribution in [3.63, 3.8) is 0 Å². The van der Waals surface area contributed by atoms with E-state index < -0.39 is 0 Å². The Hall–Kier alpha value is -1.55. The Morgan fingerprint density at radius 2 is 2.06 bits per heavy atom. The predicted octanol–water partition coefficient (Wildman–Crippen LogP) is 2.05. The van der Waals surface area contributed by atoms with E-state index in [2.05, 4.69) is 10.6 Å². The fraction of sp³-hybridized carbons (Fsp3) is 0.500. The minimum Gasteiger partial charge on any atom is -0.378 e. The molecule has 1 fully saturated rings. The number of urea groups is 1. The Kier molecular flexibility index (Phi) is 4.59. The highest BCUT2D eigenvalue weighted by molar-refractivity contribution is 5.74. The van der Waals surface area contributed by atoms with Gasteiger partial charge in [0.2, 0.25) is 0 Å². The van der Waals surface area contributed by atoms with Gasteiger partial charge < -0.3 is 15.4 Å². The topological polar surface area (TPSA) is 50.4 Å². The Balaban J connectivity index is 1.62. The quantitative estimate of drug-likeness (QED) is 0.838. The summed E-state index contributed by atoms with van der Waals surface area (Å²) in [5.41, 5.74) is 1.11. The van der Waals surface area contributed by atoms with Crippen molar-refractivity contribution in [3.8, 4) is 0 Å². The summed E-state index contributed by atoms with van der Waals surface area (Å²) in [6.45, 7) is 3.30. The average molecular weight is 248 g/mol. The molecular formula is C14H20N2O2. The third kappa shape index (κ3) is 3.74. The smallest absolute Gasteiger partial charge is 0.315 e. The van der Waals surface area contributed by atoms with E-state index in [1.807, 2.05) is 37.3 Å². The minimum atomic E-state index is -0.0983. The molecule has 1 aromatic carbocycles. The second kappa shape index (κ2) is 6.40. The van der Waals surface area contributed by atoms with Gasteiger partial charge in [-0.15, -0.1) is 0 Å². The van der Waals surface area contributed by atoms with Gasteiger partial charge in [-0.3, -0.25) is 0 Å². The molecule has 0 radical (unpaired) electrons. The zero-order valence-electron chi connectivity index (χ0n) is 10.7. The van der Waals surface area contributed by atoms with Crippen molar-refractivity contribution >= 4 is 6.03 Å². The van der Waals surface area contributed by atoms with E-state index in [0.717, 1.165) is 25.0 Å². The lowest BCUT2D eigenvalue weighted by atomic mass is 9.89. The molecule has 0 heterocycles. The summed E-state index contributed by atoms with van der Waals surface area (Å²) in [7, 11) is 0. The van der Waals surface area contributed by atoms with Crippen LogP contribution in [0.4, 0.5) is 4.79 Å². The Bertz CT molecular complexity index is 375. The molecule has 2 amide bonds. The summed E-state index contributed by atoms with van der Waals surface area (Å²) in [6, 6.07) is 10.0. The lowest BCUT2D eigenvalue weighted by Gasteiger charge is -2.35. The molecule has 1 aliphatic carbocycles. The summed E-state index contributed by atoms with van der Waals surface area (Å²) in [6.07, 6.45) is 2.17. The van der Waals surface area contributed by atoms with E-state index in [0.29, 0.717) is 12.6 Å². The lowest BCUT2D eigenvalue weighted by molar-refractivity contribution is -0.00709. The van der Waals surface area contributed by atoms with Gasteiger partial charge in [0, 0.05) is 19.2 Å². The molecule has 2 rings (SSSR count). The third-order valence-corrected chi connectivity index (χ3v) is 3.13. The van der Waals surface area contributed by atoms with Crippen molar-refractivity contribution in [1.82, 2.24) is 10.6 Å². The molecule has 1 aliphatic rings. The fourth-order valence-corrected chi connectivity index (χ4v) is 2.07. The molecule has 0 aromatic heterocycles. The number of amides is 2. The van der Waals surface area contributed by atoms with Gasteiger partial charge in [-0.05, 0) is 25.3 Å². The highest BCUT2D eigenvalue weighted by Crippen LogP contribution is 2.22. The van der Waals surface area contributed by atoms with Crippen LogP contribution in [0.2, 0.25) is 0 Å². The molecule has 2 N–H and O–H groups in total. The molecule has 98 valence electrons. The normalized spacial score (nSPS) is 22.1. The van der Waals surface area contributed by atoms with Crippen LogP contribution in [0.25, 0.3) is 0 Å². The van der Waals surface area contributed by atoms with Gasteiger partial charge in [0.1, 0.15) is 0 Å². The van der Waals surface area contributed by atoms with Crippen molar-refractivity contribution < 1.29 is 9.53 Å². The number of rotatable bonds is 5. The van der Waals surface area contributed by atoms with Crippen LogP contribution in [-0.4, -0.2) is 24.8 Å². The third-order valence-electron chi connectivity index (χ3n) is 3.13. The minimum absolute atomic E-state index is 0.0983. The van der Waals surface area contributed by atoms with Crippen LogP contribution in [0.5, 0.6) is 0 Å². The number of carbonyl (C=O) groups excluding carboxylic acids is 1. The molecule has 0 atom stereocenters. The first-order valence-electron chi connectivity index (χ1n) is 6.48. The van der Waals surface area contributed by atoms with Crippen LogP contribution in [0.1, 0.15) is 25.3 Å². The molecule has 0 bridgehead atoms. The van der Waals surface area contributed by atoms with Crippen LogP contribution in [-0.2, 0) is 11.3 Å². The molecule has 4 nitrogen and oxygen atoms in total. The molecular weight excluding hydrogens is 228 g/mol. The van der Waals surface area contributed by atoms with Crippen molar-refractivity contribution in [2.75, 3.05) is 6.61 Å². The maximum atomic E-state index is 11.6. The van der Waals surface area contributed by atoms with Crippen molar-refractivity contribution in [2.45, 2.75) is 38.5 Å². The van der Waals surface area contributed by atoms with E-state index in [4.69, 9.17) is 4.74 Å². The molecule has 4 heteroatoms. The molecule has 0 unspecified atom stereocenters. The van der Waals surface area contributed by atoms with Crippen LogP contribution >= 0.6 is 0 Å². The Morgan fingerprint density at radius 1 is 1.33 bits per heavy atom. The van der Waals surface area contributed by atoms with Gasteiger partial charge in [0.05, 0.1) is 6.10 Å². The van der Waals surface area contributed by atoms with Gasteiger partial charge in [-0.25, -0.2) is 4.79 Å². The number of benzene rings is 1. The van der Waals surface area contributed by atoms with Gasteiger partial charge in [0.15, 0.2) is 0 Å². The largest absolute Gasteiger partial charge is 0.378 e. The molecule has 0 saturated heterocycles. The summed E-state index contributed by atoms with van der Waals surface area (Å²) < 4.78 is 5.45.